The van der Waals surface area contributed by atoms with Crippen molar-refractivity contribution < 1.29 is 13.2 Å². The Morgan fingerprint density at radius 2 is 1.90 bits per heavy atom. The third-order valence-corrected chi connectivity index (χ3v) is 7.04. The molecule has 0 spiro atoms. The first kappa shape index (κ1) is 21.4. The van der Waals surface area contributed by atoms with Crippen LogP contribution < -0.4 is 4.72 Å². The van der Waals surface area contributed by atoms with Crippen molar-refractivity contribution >= 4 is 21.6 Å². The molecule has 2 atom stereocenters. The van der Waals surface area contributed by atoms with Crippen LogP contribution in [0.5, 0.6) is 0 Å². The molecule has 0 radical (unpaired) electrons. The van der Waals surface area contributed by atoms with Crippen LogP contribution in [0.3, 0.4) is 0 Å². The fraction of sp³-hybridized carbons (Fsp3) is 0.435. The molecule has 1 saturated heterocycles. The second-order valence-electron chi connectivity index (χ2n) is 7.64. The molecule has 6 heteroatoms. The molecule has 156 valence electrons. The number of hydrogen-bond donors (Lipinski definition) is 1. The lowest BCUT2D eigenvalue weighted by molar-refractivity contribution is 0.0714. The number of nitrogens with one attached hydrogen (secondary N) is 1. The molecule has 1 N–H and O–H groups in total. The van der Waals surface area contributed by atoms with Gasteiger partial charge in [0, 0.05) is 29.8 Å². The van der Waals surface area contributed by atoms with E-state index in [0.717, 1.165) is 25.8 Å². The van der Waals surface area contributed by atoms with Crippen LogP contribution in [0.25, 0.3) is 0 Å². The predicted octanol–water partition coefficient (Wildman–Crippen LogP) is 4.64. The van der Waals surface area contributed by atoms with Gasteiger partial charge in [0.05, 0.1) is 5.75 Å². The molecule has 0 saturated carbocycles. The summed E-state index contributed by atoms with van der Waals surface area (Å²) in [6.45, 7) is 4.73. The molecule has 1 amide bonds. The van der Waals surface area contributed by atoms with Crippen LogP contribution >= 0.6 is 0 Å². The van der Waals surface area contributed by atoms with Crippen LogP contribution in [0.1, 0.15) is 61.4 Å². The smallest absolute Gasteiger partial charge is 0.254 e. The van der Waals surface area contributed by atoms with Crippen molar-refractivity contribution in [2.45, 2.75) is 51.5 Å². The van der Waals surface area contributed by atoms with E-state index in [1.165, 1.54) is 5.56 Å². The first-order valence-electron chi connectivity index (χ1n) is 10.4. The van der Waals surface area contributed by atoms with Gasteiger partial charge < -0.3 is 4.90 Å². The highest BCUT2D eigenvalue weighted by Gasteiger charge is 2.35. The van der Waals surface area contributed by atoms with Gasteiger partial charge in [-0.25, -0.2) is 8.42 Å². The predicted molar refractivity (Wildman–Crippen MR) is 118 cm³/mol. The van der Waals surface area contributed by atoms with E-state index in [1.54, 1.807) is 24.3 Å². The largest absolute Gasteiger partial charge is 0.335 e. The van der Waals surface area contributed by atoms with Crippen LogP contribution in [0.4, 0.5) is 5.69 Å². The zero-order valence-corrected chi connectivity index (χ0v) is 18.0. The number of amides is 1. The van der Waals surface area contributed by atoms with Gasteiger partial charge in [0.1, 0.15) is 0 Å². The third-order valence-electron chi connectivity index (χ3n) is 5.55. The molecule has 5 nitrogen and oxygen atoms in total. The van der Waals surface area contributed by atoms with Crippen molar-refractivity contribution in [3.05, 3.63) is 65.7 Å². The Labute approximate surface area is 174 Å². The zero-order chi connectivity index (χ0) is 20.9. The zero-order valence-electron chi connectivity index (χ0n) is 17.2. The average Bonchev–Trinajstić information content (AvgIpc) is 3.18. The van der Waals surface area contributed by atoms with E-state index in [1.807, 2.05) is 30.0 Å². The maximum atomic E-state index is 13.3. The minimum absolute atomic E-state index is 0.0292. The van der Waals surface area contributed by atoms with Gasteiger partial charge in [-0.1, -0.05) is 50.2 Å². The lowest BCUT2D eigenvalue weighted by atomic mass is 9.87. The summed E-state index contributed by atoms with van der Waals surface area (Å²) in [5, 5.41) is 0. The number of nitrogens with zero attached hydrogens (tertiary/aromatic N) is 1. The Morgan fingerprint density at radius 1 is 1.14 bits per heavy atom. The van der Waals surface area contributed by atoms with Crippen LogP contribution in [0.2, 0.25) is 0 Å². The Hall–Kier alpha value is -2.34. The van der Waals surface area contributed by atoms with Gasteiger partial charge >= 0.3 is 0 Å². The fourth-order valence-electron chi connectivity index (χ4n) is 4.27. The molecule has 0 bridgehead atoms. The van der Waals surface area contributed by atoms with E-state index >= 15 is 0 Å². The first-order chi connectivity index (χ1) is 13.9. The molecular weight excluding hydrogens is 384 g/mol. The van der Waals surface area contributed by atoms with Gasteiger partial charge in [0.25, 0.3) is 5.91 Å². The highest BCUT2D eigenvalue weighted by atomic mass is 32.2. The van der Waals surface area contributed by atoms with Crippen molar-refractivity contribution in [1.82, 2.24) is 4.90 Å². The fourth-order valence-corrected chi connectivity index (χ4v) is 5.40. The maximum absolute atomic E-state index is 13.3. The van der Waals surface area contributed by atoms with Gasteiger partial charge in [0.15, 0.2) is 0 Å². The Balaban J connectivity index is 1.81. The van der Waals surface area contributed by atoms with Crippen molar-refractivity contribution in [2.24, 2.45) is 0 Å². The normalized spacial score (nSPS) is 17.9. The maximum Gasteiger partial charge on any atom is 0.254 e. The summed E-state index contributed by atoms with van der Waals surface area (Å²) in [4.78, 5) is 15.3. The van der Waals surface area contributed by atoms with Crippen LogP contribution in [0, 0.1) is 0 Å². The van der Waals surface area contributed by atoms with Crippen LogP contribution in [0.15, 0.2) is 54.6 Å². The summed E-state index contributed by atoms with van der Waals surface area (Å²) in [5.74, 6) is 0.335. The summed E-state index contributed by atoms with van der Waals surface area (Å²) in [6, 6.07) is 17.4. The van der Waals surface area contributed by atoms with E-state index in [9.17, 15) is 13.2 Å². The quantitative estimate of drug-likeness (QED) is 0.684. The third kappa shape index (κ3) is 5.18. The van der Waals surface area contributed by atoms with Crippen LogP contribution in [-0.4, -0.2) is 37.6 Å². The van der Waals surface area contributed by atoms with Gasteiger partial charge in [-0.05, 0) is 49.4 Å². The summed E-state index contributed by atoms with van der Waals surface area (Å²) in [6.07, 6.45) is 3.49. The van der Waals surface area contributed by atoms with Crippen molar-refractivity contribution in [3.63, 3.8) is 0 Å². The number of carbonyl (C=O) groups excluding carboxylic acids is 1. The summed E-state index contributed by atoms with van der Waals surface area (Å²) in [5.41, 5.74) is 2.23. The molecule has 29 heavy (non-hydrogen) atoms. The number of sulfonamides is 1. The molecule has 0 aliphatic carbocycles. The molecule has 2 aromatic carbocycles. The number of rotatable bonds is 8. The number of likely N-dealkylation sites (tertiary alicyclic amines) is 1. The highest BCUT2D eigenvalue weighted by molar-refractivity contribution is 7.92. The van der Waals surface area contributed by atoms with Crippen molar-refractivity contribution in [3.8, 4) is 0 Å². The second-order valence-corrected chi connectivity index (χ2v) is 9.48. The topological polar surface area (TPSA) is 66.5 Å². The molecule has 1 aliphatic rings. The van der Waals surface area contributed by atoms with Crippen LogP contribution in [-0.2, 0) is 10.0 Å². The van der Waals surface area contributed by atoms with Crippen molar-refractivity contribution in [2.75, 3.05) is 17.0 Å². The highest BCUT2D eigenvalue weighted by Crippen LogP contribution is 2.34. The SMILES string of the molecule is CCCS(=O)(=O)Nc1cccc(C(=O)N2CCC[C@@H]2[C@H](CC)c2ccccc2)c1. The minimum Gasteiger partial charge on any atom is -0.335 e. The van der Waals surface area contributed by atoms with Gasteiger partial charge in [-0.2, -0.15) is 0 Å². The van der Waals surface area contributed by atoms with E-state index in [4.69, 9.17) is 0 Å². The second kappa shape index (κ2) is 9.44. The van der Waals surface area contributed by atoms with Crippen molar-refractivity contribution in [1.29, 1.82) is 0 Å². The molecule has 0 aromatic heterocycles. The molecule has 1 heterocycles. The molecule has 2 aromatic rings. The van der Waals surface area contributed by atoms with E-state index < -0.39 is 10.0 Å². The Bertz CT molecular complexity index is 928. The molecule has 1 fully saturated rings. The van der Waals surface area contributed by atoms with E-state index in [0.29, 0.717) is 23.6 Å². The lowest BCUT2D eigenvalue weighted by Crippen LogP contribution is -2.39. The Morgan fingerprint density at radius 3 is 2.59 bits per heavy atom. The monoisotopic (exact) mass is 414 g/mol. The summed E-state index contributed by atoms with van der Waals surface area (Å²) >= 11 is 0. The number of hydrogen-bond acceptors (Lipinski definition) is 3. The molecule has 1 aliphatic heterocycles. The van der Waals surface area contributed by atoms with Gasteiger partial charge in [0.2, 0.25) is 10.0 Å². The van der Waals surface area contributed by atoms with Gasteiger partial charge in [-0.3, -0.25) is 9.52 Å². The molecule has 0 unspecified atom stereocenters. The lowest BCUT2D eigenvalue weighted by Gasteiger charge is -2.32. The first-order valence-corrected chi connectivity index (χ1v) is 12.1. The summed E-state index contributed by atoms with van der Waals surface area (Å²) < 4.78 is 26.7. The number of anilines is 1. The molecular formula is C23H30N2O3S. The van der Waals surface area contributed by atoms with E-state index in [-0.39, 0.29) is 17.7 Å². The van der Waals surface area contributed by atoms with E-state index in [2.05, 4.69) is 23.8 Å². The minimum atomic E-state index is -3.39. The molecule has 3 rings (SSSR count). The van der Waals surface area contributed by atoms with Gasteiger partial charge in [-0.15, -0.1) is 0 Å². The average molecular weight is 415 g/mol. The summed E-state index contributed by atoms with van der Waals surface area (Å²) in [7, 11) is -3.39. The Kier molecular flexibility index (Phi) is 6.96. The standard InChI is InChI=1S/C23H30N2O3S/c1-3-16-29(27,28)24-20-13-8-12-19(17-20)23(26)25-15-9-14-22(25)21(4-2)18-10-6-5-7-11-18/h5-8,10-13,17,21-22,24H,3-4,9,14-16H2,1-2H3/t21-,22-/m1/s1. The number of benzene rings is 2. The number of carbonyl (C=O) groups is 1.